The first-order valence-corrected chi connectivity index (χ1v) is 6.00. The zero-order valence-corrected chi connectivity index (χ0v) is 10.8. The molecule has 2 heterocycles. The number of nitrogens with zero attached hydrogens (tertiary/aromatic N) is 1. The maximum atomic E-state index is 11.9. The van der Waals surface area contributed by atoms with Crippen LogP contribution in [0.5, 0.6) is 0 Å². The third kappa shape index (κ3) is 2.74. The molecule has 17 heavy (non-hydrogen) atoms. The Morgan fingerprint density at radius 3 is 3.00 bits per heavy atom. The number of nitrogens with one attached hydrogen (secondary N) is 1. The van der Waals surface area contributed by atoms with Crippen LogP contribution in [0, 0.1) is 0 Å². The predicted molar refractivity (Wildman–Crippen MR) is 68.0 cm³/mol. The van der Waals surface area contributed by atoms with Gasteiger partial charge in [0.2, 0.25) is 0 Å². The summed E-state index contributed by atoms with van der Waals surface area (Å²) < 4.78 is 5.88. The van der Waals surface area contributed by atoms with E-state index in [1.165, 1.54) is 6.26 Å². The van der Waals surface area contributed by atoms with Crippen molar-refractivity contribution < 1.29 is 9.21 Å². The third-order valence-electron chi connectivity index (χ3n) is 2.27. The van der Waals surface area contributed by atoms with Crippen molar-refractivity contribution in [2.45, 2.75) is 13.3 Å². The summed E-state index contributed by atoms with van der Waals surface area (Å²) in [6.45, 7) is 1.94. The van der Waals surface area contributed by atoms with Crippen LogP contribution in [0.15, 0.2) is 39.5 Å². The molecule has 2 aromatic rings. The molecule has 0 aliphatic carbocycles. The van der Waals surface area contributed by atoms with Crippen LogP contribution in [-0.4, -0.2) is 10.9 Å². The summed E-state index contributed by atoms with van der Waals surface area (Å²) in [4.78, 5) is 16.1. The highest BCUT2D eigenvalue weighted by molar-refractivity contribution is 9.10. The standard InChI is InChI=1S/C12H11BrN2O2/c1-2-9-8(6-7-17-9)12(16)15-11-5-3-4-10(13)14-11/h3-7H,2H2,1H3,(H,14,15,16). The molecule has 0 aliphatic rings. The van der Waals surface area contributed by atoms with Crippen LogP contribution in [0.25, 0.3) is 0 Å². The Bertz CT molecular complexity index is 537. The van der Waals surface area contributed by atoms with E-state index in [4.69, 9.17) is 4.42 Å². The molecule has 88 valence electrons. The summed E-state index contributed by atoms with van der Waals surface area (Å²) in [6.07, 6.45) is 2.20. The lowest BCUT2D eigenvalue weighted by molar-refractivity contribution is 0.102. The third-order valence-corrected chi connectivity index (χ3v) is 2.71. The lowest BCUT2D eigenvalue weighted by Gasteiger charge is -2.04. The fraction of sp³-hybridized carbons (Fsp3) is 0.167. The summed E-state index contributed by atoms with van der Waals surface area (Å²) in [7, 11) is 0. The number of furan rings is 1. The van der Waals surface area contributed by atoms with Crippen LogP contribution in [0.4, 0.5) is 5.82 Å². The van der Waals surface area contributed by atoms with Gasteiger partial charge in [0.25, 0.3) is 5.91 Å². The van der Waals surface area contributed by atoms with E-state index in [1.807, 2.05) is 13.0 Å². The van der Waals surface area contributed by atoms with Crippen molar-refractivity contribution in [3.8, 4) is 0 Å². The molecule has 2 aromatic heterocycles. The molecule has 1 N–H and O–H groups in total. The first-order chi connectivity index (χ1) is 8.20. The Balaban J connectivity index is 2.17. The number of halogens is 1. The number of anilines is 1. The number of amides is 1. The average Bonchev–Trinajstić information content (AvgIpc) is 2.77. The molecule has 4 nitrogen and oxygen atoms in total. The topological polar surface area (TPSA) is 55.1 Å². The van der Waals surface area contributed by atoms with Gasteiger partial charge in [0.15, 0.2) is 0 Å². The largest absolute Gasteiger partial charge is 0.469 e. The van der Waals surface area contributed by atoms with E-state index in [0.717, 1.165) is 0 Å². The molecule has 0 unspecified atom stereocenters. The highest BCUT2D eigenvalue weighted by Gasteiger charge is 2.13. The molecule has 0 saturated carbocycles. The number of aromatic nitrogens is 1. The molecule has 1 amide bonds. The van der Waals surface area contributed by atoms with Gasteiger partial charge >= 0.3 is 0 Å². The minimum Gasteiger partial charge on any atom is -0.469 e. The van der Waals surface area contributed by atoms with E-state index in [9.17, 15) is 4.79 Å². The van der Waals surface area contributed by atoms with Gasteiger partial charge < -0.3 is 9.73 Å². The van der Waals surface area contributed by atoms with Crippen molar-refractivity contribution in [1.82, 2.24) is 4.98 Å². The van der Waals surface area contributed by atoms with Gasteiger partial charge in [-0.2, -0.15) is 0 Å². The second-order valence-electron chi connectivity index (χ2n) is 3.41. The Kier molecular flexibility index (Phi) is 3.58. The summed E-state index contributed by atoms with van der Waals surface area (Å²) in [5.41, 5.74) is 0.550. The fourth-order valence-corrected chi connectivity index (χ4v) is 1.82. The van der Waals surface area contributed by atoms with Crippen molar-refractivity contribution in [3.05, 3.63) is 46.5 Å². The molecule has 0 spiro atoms. The van der Waals surface area contributed by atoms with Crippen molar-refractivity contribution in [2.75, 3.05) is 5.32 Å². The predicted octanol–water partition coefficient (Wildman–Crippen LogP) is 3.25. The number of rotatable bonds is 3. The maximum Gasteiger partial charge on any atom is 0.260 e. The SMILES string of the molecule is CCc1occc1C(=O)Nc1cccc(Br)n1. The lowest BCUT2D eigenvalue weighted by atomic mass is 10.2. The minimum atomic E-state index is -0.207. The van der Waals surface area contributed by atoms with Crippen LogP contribution in [0.1, 0.15) is 23.0 Å². The quantitative estimate of drug-likeness (QED) is 0.884. The van der Waals surface area contributed by atoms with E-state index in [-0.39, 0.29) is 5.91 Å². The van der Waals surface area contributed by atoms with E-state index in [2.05, 4.69) is 26.2 Å². The smallest absolute Gasteiger partial charge is 0.260 e. The summed E-state index contributed by atoms with van der Waals surface area (Å²) in [6, 6.07) is 6.99. The molecule has 0 atom stereocenters. The molecule has 2 rings (SSSR count). The molecule has 0 bridgehead atoms. The lowest BCUT2D eigenvalue weighted by Crippen LogP contribution is -2.13. The van der Waals surface area contributed by atoms with E-state index < -0.39 is 0 Å². The van der Waals surface area contributed by atoms with E-state index in [0.29, 0.717) is 28.2 Å². The minimum absolute atomic E-state index is 0.207. The number of carbonyl (C=O) groups excluding carboxylic acids is 1. The van der Waals surface area contributed by atoms with E-state index in [1.54, 1.807) is 18.2 Å². The molecular formula is C12H11BrN2O2. The van der Waals surface area contributed by atoms with Gasteiger partial charge in [-0.15, -0.1) is 0 Å². The zero-order chi connectivity index (χ0) is 12.3. The molecule has 0 saturated heterocycles. The van der Waals surface area contributed by atoms with Gasteiger partial charge in [0.1, 0.15) is 16.2 Å². The Morgan fingerprint density at radius 1 is 1.47 bits per heavy atom. The second-order valence-corrected chi connectivity index (χ2v) is 4.22. The maximum absolute atomic E-state index is 11.9. The molecule has 0 aliphatic heterocycles. The van der Waals surface area contributed by atoms with Crippen LogP contribution < -0.4 is 5.32 Å². The van der Waals surface area contributed by atoms with Gasteiger partial charge in [-0.25, -0.2) is 4.98 Å². The normalized spacial score (nSPS) is 10.2. The molecule has 0 radical (unpaired) electrons. The van der Waals surface area contributed by atoms with Crippen LogP contribution in [0.2, 0.25) is 0 Å². The van der Waals surface area contributed by atoms with Crippen molar-refractivity contribution in [1.29, 1.82) is 0 Å². The van der Waals surface area contributed by atoms with Crippen molar-refractivity contribution >= 4 is 27.7 Å². The monoisotopic (exact) mass is 294 g/mol. The first-order valence-electron chi connectivity index (χ1n) is 5.21. The molecule has 5 heteroatoms. The summed E-state index contributed by atoms with van der Waals surface area (Å²) >= 11 is 3.25. The molecule has 0 aromatic carbocycles. The van der Waals surface area contributed by atoms with Crippen LogP contribution in [-0.2, 0) is 6.42 Å². The van der Waals surface area contributed by atoms with Crippen LogP contribution in [0.3, 0.4) is 0 Å². The number of aryl methyl sites for hydroxylation is 1. The number of hydrogen-bond acceptors (Lipinski definition) is 3. The van der Waals surface area contributed by atoms with Crippen molar-refractivity contribution in [3.63, 3.8) is 0 Å². The van der Waals surface area contributed by atoms with Gasteiger partial charge in [-0.3, -0.25) is 4.79 Å². The highest BCUT2D eigenvalue weighted by Crippen LogP contribution is 2.15. The Morgan fingerprint density at radius 2 is 2.29 bits per heavy atom. The van der Waals surface area contributed by atoms with Crippen LogP contribution >= 0.6 is 15.9 Å². The second kappa shape index (κ2) is 5.14. The summed E-state index contributed by atoms with van der Waals surface area (Å²) in [5.74, 6) is 0.978. The average molecular weight is 295 g/mol. The number of hydrogen-bond donors (Lipinski definition) is 1. The highest BCUT2D eigenvalue weighted by atomic mass is 79.9. The van der Waals surface area contributed by atoms with Gasteiger partial charge in [0, 0.05) is 6.42 Å². The Labute approximate surface area is 107 Å². The fourth-order valence-electron chi connectivity index (χ4n) is 1.48. The van der Waals surface area contributed by atoms with Gasteiger partial charge in [0.05, 0.1) is 11.8 Å². The van der Waals surface area contributed by atoms with Crippen molar-refractivity contribution in [2.24, 2.45) is 0 Å². The van der Waals surface area contributed by atoms with E-state index >= 15 is 0 Å². The first kappa shape index (κ1) is 11.9. The molecular weight excluding hydrogens is 284 g/mol. The number of carbonyl (C=O) groups is 1. The Hall–Kier alpha value is -1.62. The molecule has 0 fully saturated rings. The van der Waals surface area contributed by atoms with Gasteiger partial charge in [-0.05, 0) is 34.1 Å². The number of pyridine rings is 1. The van der Waals surface area contributed by atoms with Gasteiger partial charge in [-0.1, -0.05) is 13.0 Å². The summed E-state index contributed by atoms with van der Waals surface area (Å²) in [5, 5.41) is 2.72. The zero-order valence-electron chi connectivity index (χ0n) is 9.24.